The predicted molar refractivity (Wildman–Crippen MR) is 118 cm³/mol. The summed E-state index contributed by atoms with van der Waals surface area (Å²) in [4.78, 5) is 14.0. The number of nitrogens with one attached hydrogen (secondary N) is 1. The molecule has 0 bridgehead atoms. The molecule has 3 aromatic heterocycles. The van der Waals surface area contributed by atoms with E-state index in [0.717, 1.165) is 5.56 Å². The highest BCUT2D eigenvalue weighted by Crippen LogP contribution is 2.32. The second-order valence-electron chi connectivity index (χ2n) is 7.09. The summed E-state index contributed by atoms with van der Waals surface area (Å²) in [5, 5.41) is 7.34. The van der Waals surface area contributed by atoms with E-state index in [1.165, 1.54) is 26.4 Å². The lowest BCUT2D eigenvalue weighted by molar-refractivity contribution is 0.374. The van der Waals surface area contributed by atoms with E-state index < -0.39 is 5.82 Å². The number of fused-ring (bicyclic) bond motifs is 1. The third kappa shape index (κ3) is 4.17. The van der Waals surface area contributed by atoms with Crippen LogP contribution in [0.4, 0.5) is 10.1 Å². The molecule has 1 N–H and O–H groups in total. The van der Waals surface area contributed by atoms with Crippen molar-refractivity contribution in [2.75, 3.05) is 27.8 Å². The summed E-state index contributed by atoms with van der Waals surface area (Å²) in [5.41, 5.74) is 3.52. The number of likely N-dealkylation sites (N-methyl/N-ethyl adjacent to an activating group) is 1. The fourth-order valence-electron chi connectivity index (χ4n) is 3.32. The van der Waals surface area contributed by atoms with Gasteiger partial charge in [-0.1, -0.05) is 0 Å². The van der Waals surface area contributed by atoms with E-state index in [9.17, 15) is 4.39 Å². The fourth-order valence-corrected chi connectivity index (χ4v) is 3.32. The number of ether oxygens (including phenoxy) is 2. The number of benzene rings is 1. The first kappa shape index (κ1) is 21.4. The van der Waals surface area contributed by atoms with Crippen molar-refractivity contribution in [3.63, 3.8) is 0 Å². The van der Waals surface area contributed by atoms with Crippen molar-refractivity contribution in [2.24, 2.45) is 12.0 Å². The number of rotatable bonds is 7. The van der Waals surface area contributed by atoms with Crippen molar-refractivity contribution in [3.8, 4) is 22.8 Å². The van der Waals surface area contributed by atoms with E-state index in [-0.39, 0.29) is 11.4 Å². The number of nitrogens with zero attached hydrogens (tertiary/aromatic N) is 6. The number of aromatic nitrogens is 5. The quantitative estimate of drug-likeness (QED) is 0.478. The maximum atomic E-state index is 14.9. The van der Waals surface area contributed by atoms with Crippen LogP contribution >= 0.6 is 0 Å². The molecule has 10 heteroatoms. The Labute approximate surface area is 184 Å². The third-order valence-corrected chi connectivity index (χ3v) is 4.97. The summed E-state index contributed by atoms with van der Waals surface area (Å²) >= 11 is 0. The van der Waals surface area contributed by atoms with Gasteiger partial charge in [0.2, 0.25) is 0 Å². The molecule has 9 nitrogen and oxygen atoms in total. The van der Waals surface area contributed by atoms with Crippen molar-refractivity contribution in [3.05, 3.63) is 54.2 Å². The molecule has 0 atom stereocenters. The standard InChI is InChI=1S/C22H24FN7O2/c1-24-7-8-30-20(27-17-9-15(31-3)10-19(32-4)21(17)23)6-5-16-22(30)28-18(12-25-16)14-11-26-29(2)13-14/h5-6,9-13,24H,7-8H2,1-4H3/b27-20+. The van der Waals surface area contributed by atoms with Gasteiger partial charge in [-0.15, -0.1) is 0 Å². The second kappa shape index (κ2) is 9.15. The van der Waals surface area contributed by atoms with Gasteiger partial charge >= 0.3 is 0 Å². The van der Waals surface area contributed by atoms with E-state index in [2.05, 4.69) is 20.4 Å². The van der Waals surface area contributed by atoms with E-state index in [1.807, 2.05) is 30.9 Å². The predicted octanol–water partition coefficient (Wildman–Crippen LogP) is 2.44. The van der Waals surface area contributed by atoms with Crippen molar-refractivity contribution in [1.82, 2.24) is 29.6 Å². The molecule has 32 heavy (non-hydrogen) atoms. The first-order valence-electron chi connectivity index (χ1n) is 10.0. The minimum Gasteiger partial charge on any atom is -0.497 e. The zero-order valence-corrected chi connectivity index (χ0v) is 18.3. The average Bonchev–Trinajstić information content (AvgIpc) is 3.25. The van der Waals surface area contributed by atoms with Crippen molar-refractivity contribution in [1.29, 1.82) is 0 Å². The molecule has 0 aliphatic rings. The van der Waals surface area contributed by atoms with Crippen molar-refractivity contribution >= 4 is 16.9 Å². The van der Waals surface area contributed by atoms with Gasteiger partial charge < -0.3 is 19.4 Å². The molecular weight excluding hydrogens is 413 g/mol. The van der Waals surface area contributed by atoms with E-state index in [0.29, 0.717) is 41.2 Å². The van der Waals surface area contributed by atoms with Gasteiger partial charge in [-0.2, -0.15) is 5.10 Å². The SMILES string of the molecule is CNCCn1/c(=N/c2cc(OC)cc(OC)c2F)ccc2ncc(-c3cnn(C)c3)nc21. The summed E-state index contributed by atoms with van der Waals surface area (Å²) in [7, 11) is 6.62. The van der Waals surface area contributed by atoms with E-state index in [4.69, 9.17) is 14.5 Å². The highest BCUT2D eigenvalue weighted by atomic mass is 19.1. The molecule has 166 valence electrons. The van der Waals surface area contributed by atoms with Crippen LogP contribution in [-0.4, -0.2) is 52.1 Å². The summed E-state index contributed by atoms with van der Waals surface area (Å²) in [6, 6.07) is 6.62. The maximum absolute atomic E-state index is 14.9. The van der Waals surface area contributed by atoms with Gasteiger partial charge in [0.05, 0.1) is 32.3 Å². The van der Waals surface area contributed by atoms with Gasteiger partial charge in [0.1, 0.15) is 22.4 Å². The van der Waals surface area contributed by atoms with Crippen molar-refractivity contribution in [2.45, 2.75) is 6.54 Å². The first-order chi connectivity index (χ1) is 15.5. The van der Waals surface area contributed by atoms with Gasteiger partial charge in [-0.05, 0) is 19.2 Å². The summed E-state index contributed by atoms with van der Waals surface area (Å²) in [6.45, 7) is 1.22. The topological polar surface area (TPSA) is 91.4 Å². The Morgan fingerprint density at radius 3 is 2.69 bits per heavy atom. The van der Waals surface area contributed by atoms with Gasteiger partial charge in [-0.3, -0.25) is 9.67 Å². The van der Waals surface area contributed by atoms with Crippen LogP contribution in [0.3, 0.4) is 0 Å². The fraction of sp³-hybridized carbons (Fsp3) is 0.273. The van der Waals surface area contributed by atoms with Crippen LogP contribution < -0.4 is 20.3 Å². The number of methoxy groups -OCH3 is 2. The molecule has 0 saturated heterocycles. The minimum absolute atomic E-state index is 0.0596. The maximum Gasteiger partial charge on any atom is 0.190 e. The van der Waals surface area contributed by atoms with Crippen LogP contribution in [0.5, 0.6) is 11.5 Å². The van der Waals surface area contributed by atoms with E-state index in [1.54, 1.807) is 23.1 Å². The Morgan fingerprint density at radius 2 is 2.00 bits per heavy atom. The molecule has 3 heterocycles. The number of hydrogen-bond acceptors (Lipinski definition) is 7. The lowest BCUT2D eigenvalue weighted by Gasteiger charge is -2.12. The molecule has 4 aromatic rings. The molecule has 4 rings (SSSR count). The zero-order valence-electron chi connectivity index (χ0n) is 18.3. The Balaban J connectivity index is 1.95. The van der Waals surface area contributed by atoms with Crippen LogP contribution in [0.1, 0.15) is 0 Å². The second-order valence-corrected chi connectivity index (χ2v) is 7.09. The largest absolute Gasteiger partial charge is 0.497 e. The molecule has 1 aromatic carbocycles. The number of pyridine rings is 1. The molecule has 0 spiro atoms. The molecule has 0 saturated carbocycles. The number of halogens is 1. The average molecular weight is 437 g/mol. The zero-order chi connectivity index (χ0) is 22.7. The van der Waals surface area contributed by atoms with Crippen LogP contribution in [0.15, 0.2) is 47.8 Å². The molecule has 0 fully saturated rings. The van der Waals surface area contributed by atoms with Crippen LogP contribution in [-0.2, 0) is 13.6 Å². The van der Waals surface area contributed by atoms with Crippen molar-refractivity contribution < 1.29 is 13.9 Å². The molecule has 0 amide bonds. The molecule has 0 radical (unpaired) electrons. The Morgan fingerprint density at radius 1 is 1.16 bits per heavy atom. The summed E-state index contributed by atoms with van der Waals surface area (Å²) in [5.74, 6) is -0.0590. The van der Waals surface area contributed by atoms with Crippen LogP contribution in [0, 0.1) is 5.82 Å². The van der Waals surface area contributed by atoms with Crippen LogP contribution in [0.25, 0.3) is 22.4 Å². The van der Waals surface area contributed by atoms with Gasteiger partial charge in [-0.25, -0.2) is 14.4 Å². The van der Waals surface area contributed by atoms with E-state index >= 15 is 0 Å². The summed E-state index contributed by atoms with van der Waals surface area (Å²) < 4.78 is 28.9. The molecular formula is C22H24FN7O2. The molecule has 0 aliphatic carbocycles. The van der Waals surface area contributed by atoms with Crippen LogP contribution in [0.2, 0.25) is 0 Å². The minimum atomic E-state index is -0.566. The first-order valence-corrected chi connectivity index (χ1v) is 10.0. The monoisotopic (exact) mass is 437 g/mol. The summed E-state index contributed by atoms with van der Waals surface area (Å²) in [6.07, 6.45) is 5.32. The normalized spacial score (nSPS) is 11.8. The molecule has 0 unspecified atom stereocenters. The highest BCUT2D eigenvalue weighted by molar-refractivity contribution is 5.73. The Hall–Kier alpha value is -3.79. The lowest BCUT2D eigenvalue weighted by Crippen LogP contribution is -2.27. The van der Waals surface area contributed by atoms with Gasteiger partial charge in [0.25, 0.3) is 0 Å². The highest BCUT2D eigenvalue weighted by Gasteiger charge is 2.13. The molecule has 0 aliphatic heterocycles. The Kier molecular flexibility index (Phi) is 6.13. The smallest absolute Gasteiger partial charge is 0.190 e. The third-order valence-electron chi connectivity index (χ3n) is 4.97. The lowest BCUT2D eigenvalue weighted by atomic mass is 10.2. The Bertz CT molecular complexity index is 1330. The number of aryl methyl sites for hydroxylation is 1. The van der Waals surface area contributed by atoms with Gasteiger partial charge in [0, 0.05) is 44.0 Å². The number of hydrogen-bond donors (Lipinski definition) is 1. The van der Waals surface area contributed by atoms with Gasteiger partial charge in [0.15, 0.2) is 17.2 Å².